The minimum Gasteiger partial charge on any atom is -0.461 e. The molecule has 4 rings (SSSR count). The normalized spacial score (nSPS) is 16.8. The zero-order valence-electron chi connectivity index (χ0n) is 17.6. The summed E-state index contributed by atoms with van der Waals surface area (Å²) in [7, 11) is 0. The van der Waals surface area contributed by atoms with Gasteiger partial charge in [-0.1, -0.05) is 17.7 Å². The van der Waals surface area contributed by atoms with E-state index in [1.165, 1.54) is 11.3 Å². The highest BCUT2D eigenvalue weighted by Gasteiger charge is 2.23. The number of anilines is 1. The molecule has 0 amide bonds. The van der Waals surface area contributed by atoms with Gasteiger partial charge in [-0.2, -0.15) is 5.10 Å². The number of hydrogen-bond donors (Lipinski definition) is 3. The third-order valence-electron chi connectivity index (χ3n) is 5.16. The zero-order chi connectivity index (χ0) is 20.8. The topological polar surface area (TPSA) is 94.4 Å². The first-order valence-corrected chi connectivity index (χ1v) is 10.5. The predicted octanol–water partition coefficient (Wildman–Crippen LogP) is 2.75. The molecular weight excluding hydrogens is 378 g/mol. The van der Waals surface area contributed by atoms with E-state index < -0.39 is 0 Å². The van der Waals surface area contributed by atoms with Gasteiger partial charge in [0.15, 0.2) is 11.7 Å². The van der Waals surface area contributed by atoms with Gasteiger partial charge in [0.2, 0.25) is 5.82 Å². The lowest BCUT2D eigenvalue weighted by Crippen LogP contribution is -2.44. The summed E-state index contributed by atoms with van der Waals surface area (Å²) in [5, 5.41) is 14.1. The van der Waals surface area contributed by atoms with Crippen molar-refractivity contribution in [1.29, 1.82) is 0 Å². The summed E-state index contributed by atoms with van der Waals surface area (Å²) in [6.45, 7) is 7.67. The molecule has 1 unspecified atom stereocenters. The fraction of sp³-hybridized carbons (Fsp3) is 0.409. The largest absolute Gasteiger partial charge is 0.461 e. The van der Waals surface area contributed by atoms with Crippen LogP contribution in [0.25, 0.3) is 11.6 Å². The number of aromatic amines is 1. The zero-order valence-corrected chi connectivity index (χ0v) is 17.6. The van der Waals surface area contributed by atoms with Crippen LogP contribution in [0.2, 0.25) is 0 Å². The third-order valence-corrected chi connectivity index (χ3v) is 5.16. The molecule has 0 aliphatic carbocycles. The van der Waals surface area contributed by atoms with Gasteiger partial charge < -0.3 is 20.0 Å². The standard InChI is InChI=1S/C22H29N7O/c1-3-23-22(24-12-10-20-26-21(28-27-20)19-5-4-14-30-19)25-17-11-13-29(15-17)18-8-6-16(2)7-9-18/h4-9,14,17H,3,10-13,15H2,1-2H3,(H2,23,24,25)(H,26,27,28). The first kappa shape index (κ1) is 20.0. The molecule has 1 fully saturated rings. The van der Waals surface area contributed by atoms with Crippen molar-refractivity contribution in [2.75, 3.05) is 31.1 Å². The number of H-pyrrole nitrogens is 1. The van der Waals surface area contributed by atoms with Crippen molar-refractivity contribution in [2.45, 2.75) is 32.7 Å². The Bertz CT molecular complexity index is 946. The molecule has 158 valence electrons. The van der Waals surface area contributed by atoms with Crippen LogP contribution in [0.15, 0.2) is 52.1 Å². The molecule has 0 spiro atoms. The second-order valence-electron chi connectivity index (χ2n) is 7.51. The number of aromatic nitrogens is 3. The number of hydrogen-bond acceptors (Lipinski definition) is 5. The third kappa shape index (κ3) is 5.00. The van der Waals surface area contributed by atoms with Crippen LogP contribution in [0.5, 0.6) is 0 Å². The van der Waals surface area contributed by atoms with Crippen LogP contribution in [0.3, 0.4) is 0 Å². The smallest absolute Gasteiger partial charge is 0.216 e. The fourth-order valence-electron chi connectivity index (χ4n) is 3.58. The maximum absolute atomic E-state index is 5.33. The molecule has 1 atom stereocenters. The van der Waals surface area contributed by atoms with Crippen molar-refractivity contribution in [1.82, 2.24) is 25.8 Å². The molecule has 8 nitrogen and oxygen atoms in total. The van der Waals surface area contributed by atoms with Gasteiger partial charge in [0, 0.05) is 44.3 Å². The lowest BCUT2D eigenvalue weighted by Gasteiger charge is -2.20. The van der Waals surface area contributed by atoms with Gasteiger partial charge in [0.05, 0.1) is 6.26 Å². The average molecular weight is 408 g/mol. The molecule has 1 aromatic carbocycles. The Hall–Kier alpha value is -3.29. The van der Waals surface area contributed by atoms with E-state index in [9.17, 15) is 0 Å². The van der Waals surface area contributed by atoms with Crippen LogP contribution < -0.4 is 15.5 Å². The molecule has 30 heavy (non-hydrogen) atoms. The summed E-state index contributed by atoms with van der Waals surface area (Å²) >= 11 is 0. The van der Waals surface area contributed by atoms with E-state index in [2.05, 4.69) is 68.8 Å². The molecule has 2 aromatic heterocycles. The number of furan rings is 1. The minimum atomic E-state index is 0.375. The highest BCUT2D eigenvalue weighted by molar-refractivity contribution is 5.80. The Morgan fingerprint density at radius 2 is 2.17 bits per heavy atom. The highest BCUT2D eigenvalue weighted by atomic mass is 16.3. The Kier molecular flexibility index (Phi) is 6.32. The molecule has 3 aromatic rings. The SMILES string of the molecule is CCNC(=NCCc1nc(-c2ccco2)n[nH]1)NC1CCN(c2ccc(C)cc2)C1. The van der Waals surface area contributed by atoms with E-state index in [4.69, 9.17) is 9.41 Å². The predicted molar refractivity (Wildman–Crippen MR) is 119 cm³/mol. The van der Waals surface area contributed by atoms with Crippen LogP contribution in [0, 0.1) is 6.92 Å². The van der Waals surface area contributed by atoms with Crippen LogP contribution in [-0.4, -0.2) is 53.4 Å². The molecular formula is C22H29N7O. The molecule has 0 bridgehead atoms. The van der Waals surface area contributed by atoms with Gasteiger partial charge in [-0.25, -0.2) is 4.98 Å². The van der Waals surface area contributed by atoms with Gasteiger partial charge in [-0.3, -0.25) is 10.1 Å². The summed E-state index contributed by atoms with van der Waals surface area (Å²) in [4.78, 5) is 11.6. The number of aryl methyl sites for hydroxylation is 1. The highest BCUT2D eigenvalue weighted by Crippen LogP contribution is 2.20. The molecule has 3 N–H and O–H groups in total. The second-order valence-corrected chi connectivity index (χ2v) is 7.51. The number of benzene rings is 1. The summed E-state index contributed by atoms with van der Waals surface area (Å²) in [5.74, 6) is 2.88. The number of nitrogens with zero attached hydrogens (tertiary/aromatic N) is 4. The number of rotatable bonds is 7. The summed E-state index contributed by atoms with van der Waals surface area (Å²) in [6, 6.07) is 12.8. The van der Waals surface area contributed by atoms with Crippen molar-refractivity contribution in [3.8, 4) is 11.6 Å². The number of aliphatic imine (C=N–C) groups is 1. The van der Waals surface area contributed by atoms with Gasteiger partial charge >= 0.3 is 0 Å². The quantitative estimate of drug-likeness (QED) is 0.412. The summed E-state index contributed by atoms with van der Waals surface area (Å²) in [5.41, 5.74) is 2.57. The van der Waals surface area contributed by atoms with Crippen molar-refractivity contribution in [3.05, 3.63) is 54.0 Å². The molecule has 1 saturated heterocycles. The molecule has 3 heterocycles. The average Bonchev–Trinajstić information content (AvgIpc) is 3.50. The van der Waals surface area contributed by atoms with E-state index in [0.717, 1.165) is 37.8 Å². The van der Waals surface area contributed by atoms with Crippen LogP contribution in [0.4, 0.5) is 5.69 Å². The molecule has 0 saturated carbocycles. The van der Waals surface area contributed by atoms with E-state index in [0.29, 0.717) is 30.6 Å². The van der Waals surface area contributed by atoms with Crippen molar-refractivity contribution in [2.24, 2.45) is 4.99 Å². The van der Waals surface area contributed by atoms with Crippen LogP contribution >= 0.6 is 0 Å². The molecule has 8 heteroatoms. The monoisotopic (exact) mass is 407 g/mol. The van der Waals surface area contributed by atoms with Crippen molar-refractivity contribution in [3.63, 3.8) is 0 Å². The summed E-state index contributed by atoms with van der Waals surface area (Å²) < 4.78 is 5.33. The van der Waals surface area contributed by atoms with E-state index >= 15 is 0 Å². The Balaban J connectivity index is 1.30. The van der Waals surface area contributed by atoms with Gasteiger partial charge in [-0.15, -0.1) is 0 Å². The van der Waals surface area contributed by atoms with Gasteiger partial charge in [0.1, 0.15) is 5.82 Å². The fourth-order valence-corrected chi connectivity index (χ4v) is 3.58. The van der Waals surface area contributed by atoms with Crippen molar-refractivity contribution < 1.29 is 4.42 Å². The molecule has 1 aliphatic rings. The lowest BCUT2D eigenvalue weighted by molar-refractivity contribution is 0.577. The van der Waals surface area contributed by atoms with E-state index in [1.807, 2.05) is 12.1 Å². The van der Waals surface area contributed by atoms with E-state index in [1.54, 1.807) is 6.26 Å². The van der Waals surface area contributed by atoms with Crippen LogP contribution in [-0.2, 0) is 6.42 Å². The molecule has 1 aliphatic heterocycles. The number of nitrogens with one attached hydrogen (secondary N) is 3. The second kappa shape index (κ2) is 9.47. The van der Waals surface area contributed by atoms with Gasteiger partial charge in [0.25, 0.3) is 0 Å². The Labute approximate surface area is 176 Å². The van der Waals surface area contributed by atoms with Crippen LogP contribution in [0.1, 0.15) is 24.7 Å². The maximum atomic E-state index is 5.33. The van der Waals surface area contributed by atoms with E-state index in [-0.39, 0.29) is 0 Å². The molecule has 0 radical (unpaired) electrons. The van der Waals surface area contributed by atoms with Crippen molar-refractivity contribution >= 4 is 11.6 Å². The first-order valence-electron chi connectivity index (χ1n) is 10.5. The first-order chi connectivity index (χ1) is 14.7. The summed E-state index contributed by atoms with van der Waals surface area (Å²) in [6.07, 6.45) is 3.39. The minimum absolute atomic E-state index is 0.375. The Morgan fingerprint density at radius 1 is 1.30 bits per heavy atom. The Morgan fingerprint density at radius 3 is 2.93 bits per heavy atom. The lowest BCUT2D eigenvalue weighted by atomic mass is 10.2. The van der Waals surface area contributed by atoms with Gasteiger partial charge in [-0.05, 0) is 44.5 Å². The number of guanidine groups is 1. The maximum Gasteiger partial charge on any atom is 0.216 e.